The summed E-state index contributed by atoms with van der Waals surface area (Å²) >= 11 is 5.88. The summed E-state index contributed by atoms with van der Waals surface area (Å²) in [5, 5.41) is 11.1. The van der Waals surface area contributed by atoms with E-state index in [9.17, 15) is 10.1 Å². The van der Waals surface area contributed by atoms with E-state index in [0.29, 0.717) is 10.6 Å². The van der Waals surface area contributed by atoms with Gasteiger partial charge in [0.05, 0.1) is 9.95 Å². The second kappa shape index (κ2) is 3.84. The number of hydrogen-bond donors (Lipinski definition) is 0. The number of hydrogen-bond acceptors (Lipinski definition) is 3. The van der Waals surface area contributed by atoms with Gasteiger partial charge in [-0.2, -0.15) is 0 Å². The number of anilines is 1. The predicted molar refractivity (Wildman–Crippen MR) is 57.2 cm³/mol. The van der Waals surface area contributed by atoms with Gasteiger partial charge in [0, 0.05) is 31.4 Å². The summed E-state index contributed by atoms with van der Waals surface area (Å²) in [5.74, 6) is 0. The van der Waals surface area contributed by atoms with Crippen LogP contribution in [0.5, 0.6) is 0 Å². The Bertz CT molecular complexity index is 377. The van der Waals surface area contributed by atoms with E-state index < -0.39 is 4.92 Å². The Morgan fingerprint density at radius 2 is 2.00 bits per heavy atom. The van der Waals surface area contributed by atoms with E-state index in [-0.39, 0.29) is 5.69 Å². The first-order valence-corrected chi connectivity index (χ1v) is 4.43. The first-order chi connectivity index (χ1) is 6.43. The summed E-state index contributed by atoms with van der Waals surface area (Å²) in [4.78, 5) is 12.0. The summed E-state index contributed by atoms with van der Waals surface area (Å²) in [7, 11) is 3.62. The van der Waals surface area contributed by atoms with Crippen molar-refractivity contribution in [3.63, 3.8) is 0 Å². The molecule has 0 aliphatic heterocycles. The van der Waals surface area contributed by atoms with Crippen LogP contribution in [0.1, 0.15) is 5.56 Å². The molecule has 0 bridgehead atoms. The highest BCUT2D eigenvalue weighted by Gasteiger charge is 2.15. The minimum absolute atomic E-state index is 0.0567. The van der Waals surface area contributed by atoms with Crippen LogP contribution in [-0.2, 0) is 0 Å². The molecule has 0 amide bonds. The molecule has 0 aliphatic rings. The maximum atomic E-state index is 10.7. The van der Waals surface area contributed by atoms with Crippen molar-refractivity contribution in [3.8, 4) is 0 Å². The van der Waals surface area contributed by atoms with Crippen LogP contribution in [0.4, 0.5) is 11.4 Å². The molecule has 1 aromatic rings. The Balaban J connectivity index is 3.35. The first kappa shape index (κ1) is 10.8. The van der Waals surface area contributed by atoms with Gasteiger partial charge in [0.1, 0.15) is 0 Å². The molecule has 14 heavy (non-hydrogen) atoms. The molecule has 0 aliphatic carbocycles. The standard InChI is InChI=1S/C9H11ClN2O2/c1-6-8(10)4-7(11(2)3)5-9(6)12(13)14/h4-5H,1-3H3. The maximum absolute atomic E-state index is 10.7. The molecule has 1 aromatic carbocycles. The lowest BCUT2D eigenvalue weighted by Crippen LogP contribution is -2.09. The number of halogens is 1. The molecule has 0 saturated heterocycles. The molecule has 0 saturated carbocycles. The lowest BCUT2D eigenvalue weighted by Gasteiger charge is -2.13. The van der Waals surface area contributed by atoms with E-state index in [1.807, 2.05) is 14.1 Å². The topological polar surface area (TPSA) is 46.4 Å². The Labute approximate surface area is 87.2 Å². The fourth-order valence-corrected chi connectivity index (χ4v) is 1.31. The van der Waals surface area contributed by atoms with Crippen molar-refractivity contribution in [1.29, 1.82) is 0 Å². The third-order valence-corrected chi connectivity index (χ3v) is 2.41. The van der Waals surface area contributed by atoms with Crippen molar-refractivity contribution in [2.24, 2.45) is 0 Å². The van der Waals surface area contributed by atoms with Crippen LogP contribution >= 0.6 is 11.6 Å². The van der Waals surface area contributed by atoms with Crippen molar-refractivity contribution >= 4 is 23.0 Å². The number of benzene rings is 1. The van der Waals surface area contributed by atoms with Crippen LogP contribution in [0, 0.1) is 17.0 Å². The summed E-state index contributed by atoms with van der Waals surface area (Å²) in [6.45, 7) is 1.64. The molecule has 0 atom stereocenters. The van der Waals surface area contributed by atoms with E-state index >= 15 is 0 Å². The maximum Gasteiger partial charge on any atom is 0.275 e. The third-order valence-electron chi connectivity index (χ3n) is 2.01. The average Bonchev–Trinajstić information content (AvgIpc) is 2.08. The number of nitrogens with zero attached hydrogens (tertiary/aromatic N) is 2. The van der Waals surface area contributed by atoms with Crippen LogP contribution in [0.15, 0.2) is 12.1 Å². The normalized spacial score (nSPS) is 10.0. The predicted octanol–water partition coefficient (Wildman–Crippen LogP) is 2.62. The van der Waals surface area contributed by atoms with Gasteiger partial charge in [-0.25, -0.2) is 0 Å². The molecular weight excluding hydrogens is 204 g/mol. The van der Waals surface area contributed by atoms with Gasteiger partial charge >= 0.3 is 0 Å². The highest BCUT2D eigenvalue weighted by Crippen LogP contribution is 2.30. The van der Waals surface area contributed by atoms with Crippen molar-refractivity contribution in [3.05, 3.63) is 32.8 Å². The molecule has 0 unspecified atom stereocenters. The number of nitro groups is 1. The van der Waals surface area contributed by atoms with Crippen molar-refractivity contribution in [2.75, 3.05) is 19.0 Å². The fraction of sp³-hybridized carbons (Fsp3) is 0.333. The van der Waals surface area contributed by atoms with E-state index in [1.54, 1.807) is 17.9 Å². The summed E-state index contributed by atoms with van der Waals surface area (Å²) in [5.41, 5.74) is 1.29. The quantitative estimate of drug-likeness (QED) is 0.562. The summed E-state index contributed by atoms with van der Waals surface area (Å²) in [6.07, 6.45) is 0. The number of rotatable bonds is 2. The van der Waals surface area contributed by atoms with Crippen molar-refractivity contribution < 1.29 is 4.92 Å². The van der Waals surface area contributed by atoms with Crippen LogP contribution in [0.25, 0.3) is 0 Å². The highest BCUT2D eigenvalue weighted by atomic mass is 35.5. The van der Waals surface area contributed by atoms with Crippen molar-refractivity contribution in [1.82, 2.24) is 0 Å². The average molecular weight is 215 g/mol. The van der Waals surface area contributed by atoms with Gasteiger partial charge in [0.25, 0.3) is 5.69 Å². The first-order valence-electron chi connectivity index (χ1n) is 4.05. The Morgan fingerprint density at radius 3 is 2.43 bits per heavy atom. The van der Waals surface area contributed by atoms with E-state index in [1.165, 1.54) is 6.07 Å². The van der Waals surface area contributed by atoms with Crippen LogP contribution < -0.4 is 4.90 Å². The molecule has 0 heterocycles. The zero-order valence-corrected chi connectivity index (χ0v) is 9.00. The van der Waals surface area contributed by atoms with Gasteiger partial charge < -0.3 is 4.90 Å². The molecular formula is C9H11ClN2O2. The van der Waals surface area contributed by atoms with E-state index in [4.69, 9.17) is 11.6 Å². The molecule has 0 radical (unpaired) electrons. The number of nitro benzene ring substituents is 1. The smallest absolute Gasteiger partial charge is 0.275 e. The van der Waals surface area contributed by atoms with Gasteiger partial charge in [-0.15, -0.1) is 0 Å². The van der Waals surface area contributed by atoms with Crippen LogP contribution in [0.3, 0.4) is 0 Å². The molecule has 0 fully saturated rings. The monoisotopic (exact) mass is 214 g/mol. The fourth-order valence-electron chi connectivity index (χ4n) is 1.10. The Morgan fingerprint density at radius 1 is 1.43 bits per heavy atom. The van der Waals surface area contributed by atoms with Crippen LogP contribution in [0.2, 0.25) is 5.02 Å². The highest BCUT2D eigenvalue weighted by molar-refractivity contribution is 6.32. The molecule has 1 rings (SSSR count). The largest absolute Gasteiger partial charge is 0.377 e. The lowest BCUT2D eigenvalue weighted by atomic mass is 10.2. The molecule has 0 N–H and O–H groups in total. The Hall–Kier alpha value is -1.29. The van der Waals surface area contributed by atoms with Gasteiger partial charge in [-0.1, -0.05) is 11.6 Å². The Kier molecular flexibility index (Phi) is 2.96. The molecule has 4 nitrogen and oxygen atoms in total. The van der Waals surface area contributed by atoms with Gasteiger partial charge in [0.2, 0.25) is 0 Å². The molecule has 0 aromatic heterocycles. The third kappa shape index (κ3) is 1.96. The van der Waals surface area contributed by atoms with Crippen LogP contribution in [-0.4, -0.2) is 19.0 Å². The zero-order chi connectivity index (χ0) is 10.9. The molecule has 5 heteroatoms. The second-order valence-electron chi connectivity index (χ2n) is 3.22. The minimum Gasteiger partial charge on any atom is -0.377 e. The molecule has 76 valence electrons. The van der Waals surface area contributed by atoms with E-state index in [0.717, 1.165) is 5.69 Å². The van der Waals surface area contributed by atoms with E-state index in [2.05, 4.69) is 0 Å². The summed E-state index contributed by atoms with van der Waals surface area (Å²) < 4.78 is 0. The second-order valence-corrected chi connectivity index (χ2v) is 3.63. The zero-order valence-electron chi connectivity index (χ0n) is 8.24. The van der Waals surface area contributed by atoms with Gasteiger partial charge in [-0.3, -0.25) is 10.1 Å². The van der Waals surface area contributed by atoms with Crippen molar-refractivity contribution in [2.45, 2.75) is 6.92 Å². The summed E-state index contributed by atoms with van der Waals surface area (Å²) in [6, 6.07) is 3.23. The lowest BCUT2D eigenvalue weighted by molar-refractivity contribution is -0.385. The molecule has 0 spiro atoms. The van der Waals surface area contributed by atoms with Gasteiger partial charge in [-0.05, 0) is 13.0 Å². The SMILES string of the molecule is Cc1c(Cl)cc(N(C)C)cc1[N+](=O)[O-]. The van der Waals surface area contributed by atoms with Gasteiger partial charge in [0.15, 0.2) is 0 Å². The minimum atomic E-state index is -0.422.